The molecule has 3 aromatic rings. The van der Waals surface area contributed by atoms with Crippen molar-refractivity contribution in [1.82, 2.24) is 0 Å². The molecule has 3 rings (SSSR count). The summed E-state index contributed by atoms with van der Waals surface area (Å²) in [6.45, 7) is 2.46. The van der Waals surface area contributed by atoms with Gasteiger partial charge in [0.05, 0.1) is 10.7 Å². The molecule has 0 aliphatic carbocycles. The van der Waals surface area contributed by atoms with Crippen LogP contribution in [0.15, 0.2) is 71.7 Å². The molecule has 0 N–H and O–H groups in total. The topological polar surface area (TPSA) is 21.6 Å². The number of aryl methyl sites for hydroxylation is 1. The summed E-state index contributed by atoms with van der Waals surface area (Å²) < 4.78 is 18.6. The lowest BCUT2D eigenvalue weighted by Crippen LogP contribution is -1.96. The van der Waals surface area contributed by atoms with Gasteiger partial charge in [-0.3, -0.25) is 4.99 Å². The van der Waals surface area contributed by atoms with Gasteiger partial charge < -0.3 is 4.74 Å². The van der Waals surface area contributed by atoms with E-state index >= 15 is 0 Å². The molecule has 0 unspecified atom stereocenters. The van der Waals surface area contributed by atoms with Gasteiger partial charge in [-0.15, -0.1) is 0 Å². The molecule has 0 aromatic heterocycles. The molecule has 0 spiro atoms. The number of halogens is 2. The second-order valence-corrected chi connectivity index (χ2v) is 6.29. The van der Waals surface area contributed by atoms with Gasteiger partial charge >= 0.3 is 0 Å². The van der Waals surface area contributed by atoms with Gasteiger partial charge in [0.15, 0.2) is 0 Å². The smallest absolute Gasteiger partial charge is 0.138 e. The van der Waals surface area contributed by atoms with E-state index in [2.05, 4.69) is 24.0 Å². The molecular formula is C22H19ClFNO. The zero-order valence-electron chi connectivity index (χ0n) is 14.5. The summed E-state index contributed by atoms with van der Waals surface area (Å²) in [7, 11) is 0. The average Bonchev–Trinajstić information content (AvgIpc) is 2.67. The van der Waals surface area contributed by atoms with Gasteiger partial charge in [-0.05, 0) is 65.6 Å². The van der Waals surface area contributed by atoms with E-state index in [1.165, 1.54) is 17.7 Å². The Morgan fingerprint density at radius 3 is 2.31 bits per heavy atom. The molecule has 0 saturated carbocycles. The van der Waals surface area contributed by atoms with Crippen molar-refractivity contribution in [2.45, 2.75) is 20.0 Å². The molecular weight excluding hydrogens is 349 g/mol. The number of benzene rings is 3. The number of nitrogens with zero attached hydrogens (tertiary/aromatic N) is 1. The molecule has 0 aliphatic rings. The third kappa shape index (κ3) is 4.93. The molecule has 0 aliphatic heterocycles. The van der Waals surface area contributed by atoms with Gasteiger partial charge in [0, 0.05) is 6.21 Å². The zero-order chi connectivity index (χ0) is 18.4. The lowest BCUT2D eigenvalue weighted by molar-refractivity contribution is 0.306. The second-order valence-electron chi connectivity index (χ2n) is 5.88. The standard InChI is InChI=1S/C22H19ClFNO/c1-2-16-5-10-20(11-6-16)25-14-18-7-12-22(21(23)13-18)26-15-17-3-8-19(24)9-4-17/h3-14H,2,15H2,1H3. The van der Waals surface area contributed by atoms with Crippen molar-refractivity contribution in [1.29, 1.82) is 0 Å². The summed E-state index contributed by atoms with van der Waals surface area (Å²) in [5.74, 6) is 0.320. The highest BCUT2D eigenvalue weighted by atomic mass is 35.5. The van der Waals surface area contributed by atoms with Crippen LogP contribution >= 0.6 is 11.6 Å². The molecule has 0 atom stereocenters. The third-order valence-corrected chi connectivity index (χ3v) is 4.27. The maximum atomic E-state index is 12.9. The first kappa shape index (κ1) is 18.2. The normalized spacial score (nSPS) is 11.0. The van der Waals surface area contributed by atoms with Crippen molar-refractivity contribution in [3.8, 4) is 5.75 Å². The highest BCUT2D eigenvalue weighted by molar-refractivity contribution is 6.32. The van der Waals surface area contributed by atoms with Crippen molar-refractivity contribution < 1.29 is 9.13 Å². The maximum absolute atomic E-state index is 12.9. The van der Waals surface area contributed by atoms with E-state index in [-0.39, 0.29) is 5.82 Å². The minimum atomic E-state index is -0.264. The van der Waals surface area contributed by atoms with Crippen molar-refractivity contribution in [2.24, 2.45) is 4.99 Å². The molecule has 3 aromatic carbocycles. The summed E-state index contributed by atoms with van der Waals surface area (Å²) in [5.41, 5.74) is 3.96. The Morgan fingerprint density at radius 2 is 1.65 bits per heavy atom. The predicted octanol–water partition coefficient (Wildman–Crippen LogP) is 6.37. The van der Waals surface area contributed by atoms with Crippen LogP contribution in [-0.2, 0) is 13.0 Å². The number of ether oxygens (including phenoxy) is 1. The molecule has 0 bridgehead atoms. The van der Waals surface area contributed by atoms with Crippen LogP contribution in [0.3, 0.4) is 0 Å². The first-order chi connectivity index (χ1) is 12.6. The number of rotatable bonds is 6. The first-order valence-corrected chi connectivity index (χ1v) is 8.81. The summed E-state index contributed by atoms with van der Waals surface area (Å²) >= 11 is 6.30. The van der Waals surface area contributed by atoms with Crippen molar-refractivity contribution in [2.75, 3.05) is 0 Å². The molecule has 0 radical (unpaired) electrons. The zero-order valence-corrected chi connectivity index (χ0v) is 15.2. The molecule has 0 fully saturated rings. The maximum Gasteiger partial charge on any atom is 0.138 e. The summed E-state index contributed by atoms with van der Waals surface area (Å²) in [5, 5.41) is 0.511. The molecule has 132 valence electrons. The van der Waals surface area contributed by atoms with Crippen LogP contribution in [0.2, 0.25) is 5.02 Å². The number of hydrogen-bond acceptors (Lipinski definition) is 2. The average molecular weight is 368 g/mol. The van der Waals surface area contributed by atoms with Crippen molar-refractivity contribution in [3.63, 3.8) is 0 Å². The molecule has 0 heterocycles. The van der Waals surface area contributed by atoms with Crippen LogP contribution in [0.25, 0.3) is 0 Å². The molecule has 0 saturated heterocycles. The van der Waals surface area contributed by atoms with E-state index in [4.69, 9.17) is 16.3 Å². The minimum absolute atomic E-state index is 0.264. The van der Waals surface area contributed by atoms with Gasteiger partial charge in [0.2, 0.25) is 0 Å². The van der Waals surface area contributed by atoms with Gasteiger partial charge in [0.1, 0.15) is 18.2 Å². The van der Waals surface area contributed by atoms with E-state index in [1.807, 2.05) is 30.3 Å². The van der Waals surface area contributed by atoms with E-state index in [0.717, 1.165) is 23.2 Å². The fourth-order valence-corrected chi connectivity index (χ4v) is 2.67. The van der Waals surface area contributed by atoms with Gasteiger partial charge in [0.25, 0.3) is 0 Å². The Labute approximate surface area is 157 Å². The van der Waals surface area contributed by atoms with Gasteiger partial charge in [-0.2, -0.15) is 0 Å². The Bertz CT molecular complexity index is 889. The lowest BCUT2D eigenvalue weighted by Gasteiger charge is -2.08. The van der Waals surface area contributed by atoms with Crippen LogP contribution in [0.1, 0.15) is 23.6 Å². The fraction of sp³-hybridized carbons (Fsp3) is 0.136. The predicted molar refractivity (Wildman–Crippen MR) is 105 cm³/mol. The summed E-state index contributed by atoms with van der Waals surface area (Å²) in [6.07, 6.45) is 2.79. The summed E-state index contributed by atoms with van der Waals surface area (Å²) in [4.78, 5) is 4.46. The minimum Gasteiger partial charge on any atom is -0.487 e. The lowest BCUT2D eigenvalue weighted by atomic mass is 10.1. The summed E-state index contributed by atoms with van der Waals surface area (Å²) in [6, 6.07) is 19.9. The molecule has 0 amide bonds. The van der Waals surface area contributed by atoms with Crippen LogP contribution in [0.5, 0.6) is 5.75 Å². The number of hydrogen-bond donors (Lipinski definition) is 0. The van der Waals surface area contributed by atoms with Gasteiger partial charge in [-0.1, -0.05) is 42.8 Å². The van der Waals surface area contributed by atoms with Crippen LogP contribution in [0, 0.1) is 5.82 Å². The fourth-order valence-electron chi connectivity index (χ4n) is 2.42. The Hall–Kier alpha value is -2.65. The van der Waals surface area contributed by atoms with E-state index in [1.54, 1.807) is 18.3 Å². The van der Waals surface area contributed by atoms with Crippen molar-refractivity contribution >= 4 is 23.5 Å². The SMILES string of the molecule is CCc1ccc(N=Cc2ccc(OCc3ccc(F)cc3)c(Cl)c2)cc1. The van der Waals surface area contributed by atoms with Crippen LogP contribution in [0.4, 0.5) is 10.1 Å². The third-order valence-electron chi connectivity index (χ3n) is 3.97. The first-order valence-electron chi connectivity index (χ1n) is 8.44. The molecule has 2 nitrogen and oxygen atoms in total. The van der Waals surface area contributed by atoms with E-state index in [9.17, 15) is 4.39 Å². The Balaban J connectivity index is 1.64. The number of aliphatic imine (C=N–C) groups is 1. The van der Waals surface area contributed by atoms with Gasteiger partial charge in [-0.25, -0.2) is 4.39 Å². The molecule has 26 heavy (non-hydrogen) atoms. The Kier molecular flexibility index (Phi) is 6.03. The van der Waals surface area contributed by atoms with E-state index < -0.39 is 0 Å². The van der Waals surface area contributed by atoms with Crippen LogP contribution < -0.4 is 4.74 Å². The second kappa shape index (κ2) is 8.63. The van der Waals surface area contributed by atoms with Crippen LogP contribution in [-0.4, -0.2) is 6.21 Å². The van der Waals surface area contributed by atoms with Crippen molar-refractivity contribution in [3.05, 3.63) is 94.3 Å². The highest BCUT2D eigenvalue weighted by Gasteiger charge is 2.03. The monoisotopic (exact) mass is 367 g/mol. The quantitative estimate of drug-likeness (QED) is 0.464. The largest absolute Gasteiger partial charge is 0.487 e. The Morgan fingerprint density at radius 1 is 0.962 bits per heavy atom. The highest BCUT2D eigenvalue weighted by Crippen LogP contribution is 2.26. The molecule has 4 heteroatoms. The van der Waals surface area contributed by atoms with E-state index in [0.29, 0.717) is 17.4 Å².